The molecule has 0 bridgehead atoms. The Hall–Kier alpha value is -2.35. The third-order valence-corrected chi connectivity index (χ3v) is 2.69. The van der Waals surface area contributed by atoms with E-state index in [0.717, 1.165) is 18.3 Å². The van der Waals surface area contributed by atoms with Gasteiger partial charge < -0.3 is 9.47 Å². The maximum Gasteiger partial charge on any atom is 0.509 e. The monoisotopic (exact) mass is 275 g/mol. The van der Waals surface area contributed by atoms with Gasteiger partial charge in [-0.15, -0.1) is 0 Å². The predicted molar refractivity (Wildman–Crippen MR) is 72.3 cm³/mol. The van der Waals surface area contributed by atoms with Crippen LogP contribution in [0.25, 0.3) is 0 Å². The van der Waals surface area contributed by atoms with Crippen molar-refractivity contribution in [2.45, 2.75) is 32.3 Å². The van der Waals surface area contributed by atoms with Crippen LogP contribution in [0.15, 0.2) is 24.3 Å². The number of hydrogen-bond acceptors (Lipinski definition) is 5. The van der Waals surface area contributed by atoms with Gasteiger partial charge in [0.15, 0.2) is 6.10 Å². The lowest BCUT2D eigenvalue weighted by atomic mass is 10.0. The van der Waals surface area contributed by atoms with Crippen molar-refractivity contribution in [1.29, 1.82) is 5.26 Å². The summed E-state index contributed by atoms with van der Waals surface area (Å²) in [5.74, 6) is 0. The van der Waals surface area contributed by atoms with Crippen molar-refractivity contribution in [3.05, 3.63) is 35.4 Å². The Morgan fingerprint density at radius 1 is 1.40 bits per heavy atom. The number of nitrogens with zero attached hydrogens (tertiary/aromatic N) is 1. The first-order valence-corrected chi connectivity index (χ1v) is 6.46. The zero-order valence-corrected chi connectivity index (χ0v) is 11.4. The molecule has 0 aliphatic heterocycles. The SMILES string of the molecule is CCOC(=O)O[C@@H](C#N)CCCc1ccc(C=O)cc1. The molecule has 5 heteroatoms. The molecule has 0 heterocycles. The molecular weight excluding hydrogens is 258 g/mol. The average molecular weight is 275 g/mol. The number of rotatable bonds is 7. The molecule has 0 unspecified atom stereocenters. The minimum Gasteiger partial charge on any atom is -0.435 e. The molecule has 1 aromatic carbocycles. The standard InChI is InChI=1S/C15H17NO4/c1-2-19-15(18)20-14(10-16)5-3-4-12-6-8-13(11-17)9-7-12/h6-9,11,14H,2-5H2,1H3/t14-/m1/s1. The summed E-state index contributed by atoms with van der Waals surface area (Å²) in [4.78, 5) is 21.6. The Bertz CT molecular complexity index is 476. The van der Waals surface area contributed by atoms with E-state index in [4.69, 9.17) is 10.00 Å². The Kier molecular flexibility index (Phi) is 6.83. The molecule has 0 saturated carbocycles. The van der Waals surface area contributed by atoms with Crippen molar-refractivity contribution < 1.29 is 19.1 Å². The van der Waals surface area contributed by atoms with E-state index in [1.165, 1.54) is 0 Å². The van der Waals surface area contributed by atoms with E-state index in [2.05, 4.69) is 4.74 Å². The van der Waals surface area contributed by atoms with Crippen LogP contribution in [-0.4, -0.2) is 25.2 Å². The third-order valence-electron chi connectivity index (χ3n) is 2.69. The van der Waals surface area contributed by atoms with Crippen molar-refractivity contribution in [1.82, 2.24) is 0 Å². The van der Waals surface area contributed by atoms with E-state index < -0.39 is 12.3 Å². The summed E-state index contributed by atoms with van der Waals surface area (Å²) < 4.78 is 9.46. The zero-order chi connectivity index (χ0) is 14.8. The topological polar surface area (TPSA) is 76.4 Å². The molecule has 0 radical (unpaired) electrons. The third kappa shape index (κ3) is 5.53. The van der Waals surface area contributed by atoms with Crippen LogP contribution in [-0.2, 0) is 15.9 Å². The minimum atomic E-state index is -0.811. The van der Waals surface area contributed by atoms with Crippen LogP contribution >= 0.6 is 0 Å². The van der Waals surface area contributed by atoms with Crippen LogP contribution in [0.1, 0.15) is 35.7 Å². The summed E-state index contributed by atoms with van der Waals surface area (Å²) in [6.07, 6.45) is 1.10. The van der Waals surface area contributed by atoms with Crippen LogP contribution in [0.4, 0.5) is 4.79 Å². The number of aldehydes is 1. The quantitative estimate of drug-likeness (QED) is 0.565. The first kappa shape index (κ1) is 15.7. The van der Waals surface area contributed by atoms with Gasteiger partial charge in [0, 0.05) is 5.56 Å². The average Bonchev–Trinajstić information content (AvgIpc) is 2.47. The normalized spacial score (nSPS) is 11.2. The Balaban J connectivity index is 2.35. The van der Waals surface area contributed by atoms with E-state index in [1.54, 1.807) is 19.1 Å². The number of ether oxygens (including phenoxy) is 2. The maximum absolute atomic E-state index is 11.1. The van der Waals surface area contributed by atoms with Crippen molar-refractivity contribution in [3.8, 4) is 6.07 Å². The summed E-state index contributed by atoms with van der Waals surface area (Å²) >= 11 is 0. The van der Waals surface area contributed by atoms with Gasteiger partial charge in [0.2, 0.25) is 0 Å². The van der Waals surface area contributed by atoms with Gasteiger partial charge >= 0.3 is 6.16 Å². The molecule has 5 nitrogen and oxygen atoms in total. The molecular formula is C15H17NO4. The van der Waals surface area contributed by atoms with E-state index in [9.17, 15) is 9.59 Å². The molecule has 0 N–H and O–H groups in total. The lowest BCUT2D eigenvalue weighted by Crippen LogP contribution is -2.17. The fourth-order valence-corrected chi connectivity index (χ4v) is 1.67. The number of nitriles is 1. The number of benzene rings is 1. The lowest BCUT2D eigenvalue weighted by molar-refractivity contribution is 0.0398. The van der Waals surface area contributed by atoms with Gasteiger partial charge in [0.1, 0.15) is 12.4 Å². The van der Waals surface area contributed by atoms with Gasteiger partial charge in [-0.3, -0.25) is 4.79 Å². The molecule has 20 heavy (non-hydrogen) atoms. The van der Waals surface area contributed by atoms with Crippen LogP contribution in [0.5, 0.6) is 0 Å². The smallest absolute Gasteiger partial charge is 0.435 e. The van der Waals surface area contributed by atoms with Gasteiger partial charge in [-0.2, -0.15) is 5.26 Å². The fraction of sp³-hybridized carbons (Fsp3) is 0.400. The first-order valence-electron chi connectivity index (χ1n) is 6.46. The summed E-state index contributed by atoms with van der Waals surface area (Å²) in [7, 11) is 0. The highest BCUT2D eigenvalue weighted by Gasteiger charge is 2.13. The van der Waals surface area contributed by atoms with Crippen LogP contribution < -0.4 is 0 Å². The van der Waals surface area contributed by atoms with E-state index >= 15 is 0 Å². The van der Waals surface area contributed by atoms with Gasteiger partial charge in [0.25, 0.3) is 0 Å². The van der Waals surface area contributed by atoms with Crippen molar-refractivity contribution >= 4 is 12.4 Å². The summed E-state index contributed by atoms with van der Waals surface area (Å²) in [6, 6.07) is 9.17. The second-order valence-corrected chi connectivity index (χ2v) is 4.17. The highest BCUT2D eigenvalue weighted by atomic mass is 16.7. The molecule has 106 valence electrons. The van der Waals surface area contributed by atoms with Crippen molar-refractivity contribution in [2.75, 3.05) is 6.61 Å². The molecule has 1 atom stereocenters. The van der Waals surface area contributed by atoms with Gasteiger partial charge in [-0.05, 0) is 31.7 Å². The largest absolute Gasteiger partial charge is 0.509 e. The molecule has 0 aliphatic rings. The molecule has 0 aliphatic carbocycles. The second-order valence-electron chi connectivity index (χ2n) is 4.17. The van der Waals surface area contributed by atoms with E-state index in [1.807, 2.05) is 18.2 Å². The number of aryl methyl sites for hydroxylation is 1. The van der Waals surface area contributed by atoms with Crippen LogP contribution in [0.3, 0.4) is 0 Å². The second kappa shape index (κ2) is 8.70. The first-order chi connectivity index (χ1) is 9.69. The number of carbonyl (C=O) groups is 2. The van der Waals surface area contributed by atoms with Crippen LogP contribution in [0.2, 0.25) is 0 Å². The lowest BCUT2D eigenvalue weighted by Gasteiger charge is -2.10. The number of hydrogen-bond donors (Lipinski definition) is 0. The molecule has 0 aromatic heterocycles. The number of carbonyl (C=O) groups excluding carboxylic acids is 2. The molecule has 0 spiro atoms. The Labute approximate surface area is 118 Å². The Morgan fingerprint density at radius 2 is 2.10 bits per heavy atom. The molecule has 1 aromatic rings. The van der Waals surface area contributed by atoms with Gasteiger partial charge in [-0.25, -0.2) is 4.79 Å². The summed E-state index contributed by atoms with van der Waals surface area (Å²) in [5, 5.41) is 8.89. The zero-order valence-electron chi connectivity index (χ0n) is 11.4. The van der Waals surface area contributed by atoms with Crippen molar-refractivity contribution in [2.24, 2.45) is 0 Å². The highest BCUT2D eigenvalue weighted by Crippen LogP contribution is 2.10. The fourth-order valence-electron chi connectivity index (χ4n) is 1.67. The molecule has 1 rings (SSSR count). The van der Waals surface area contributed by atoms with Crippen molar-refractivity contribution in [3.63, 3.8) is 0 Å². The van der Waals surface area contributed by atoms with Gasteiger partial charge in [-0.1, -0.05) is 24.3 Å². The minimum absolute atomic E-state index is 0.222. The maximum atomic E-state index is 11.1. The molecule has 0 amide bonds. The van der Waals surface area contributed by atoms with Gasteiger partial charge in [0.05, 0.1) is 6.61 Å². The summed E-state index contributed by atoms with van der Waals surface area (Å²) in [5.41, 5.74) is 1.71. The summed E-state index contributed by atoms with van der Waals surface area (Å²) in [6.45, 7) is 1.89. The van der Waals surface area contributed by atoms with Crippen LogP contribution in [0, 0.1) is 11.3 Å². The highest BCUT2D eigenvalue weighted by molar-refractivity contribution is 5.74. The van der Waals surface area contributed by atoms with E-state index in [0.29, 0.717) is 18.4 Å². The molecule has 0 saturated heterocycles. The Morgan fingerprint density at radius 3 is 2.65 bits per heavy atom. The molecule has 0 fully saturated rings. The van der Waals surface area contributed by atoms with E-state index in [-0.39, 0.29) is 6.61 Å². The predicted octanol–water partition coefficient (Wildman–Crippen LogP) is 2.89.